The van der Waals surface area contributed by atoms with Gasteiger partial charge in [0, 0.05) is 5.39 Å². The summed E-state index contributed by atoms with van der Waals surface area (Å²) in [6.45, 7) is 1.80. The number of hydrogen-bond acceptors (Lipinski definition) is 5. The minimum Gasteiger partial charge on any atom is -0.464 e. The van der Waals surface area contributed by atoms with Crippen LogP contribution in [-0.2, 0) is 0 Å². The molecule has 0 aliphatic rings. The Morgan fingerprint density at radius 2 is 2.12 bits per heavy atom. The highest BCUT2D eigenvalue weighted by Gasteiger charge is 2.15. The van der Waals surface area contributed by atoms with Gasteiger partial charge in [0.05, 0.1) is 11.6 Å². The summed E-state index contributed by atoms with van der Waals surface area (Å²) in [6, 6.07) is 7.43. The molecule has 3 rings (SSSR count). The van der Waals surface area contributed by atoms with Gasteiger partial charge >= 0.3 is 0 Å². The minimum absolute atomic E-state index is 0.269. The third-order valence-corrected chi connectivity index (χ3v) is 2.55. The second-order valence-corrected chi connectivity index (χ2v) is 3.89. The van der Waals surface area contributed by atoms with Crippen molar-refractivity contribution in [3.8, 4) is 11.4 Å². The molecule has 17 heavy (non-hydrogen) atoms. The SMILES string of the molecule is CC(N)c1nc(-c2coc3ccccc23)no1. The number of aromatic nitrogens is 2. The van der Waals surface area contributed by atoms with Crippen molar-refractivity contribution < 1.29 is 8.94 Å². The summed E-state index contributed by atoms with van der Waals surface area (Å²) in [4.78, 5) is 4.24. The highest BCUT2D eigenvalue weighted by Crippen LogP contribution is 2.28. The summed E-state index contributed by atoms with van der Waals surface area (Å²) < 4.78 is 10.5. The lowest BCUT2D eigenvalue weighted by Gasteiger charge is -1.93. The zero-order valence-electron chi connectivity index (χ0n) is 9.25. The summed E-state index contributed by atoms with van der Waals surface area (Å²) in [5, 5.41) is 4.87. The topological polar surface area (TPSA) is 78.1 Å². The summed E-state index contributed by atoms with van der Waals surface area (Å²) in [5.74, 6) is 0.924. The van der Waals surface area contributed by atoms with Crippen LogP contribution in [0.25, 0.3) is 22.4 Å². The molecule has 86 valence electrons. The highest BCUT2D eigenvalue weighted by molar-refractivity contribution is 5.91. The molecule has 3 aromatic rings. The van der Waals surface area contributed by atoms with Gasteiger partial charge in [0.2, 0.25) is 11.7 Å². The fraction of sp³-hybridized carbons (Fsp3) is 0.167. The number of furan rings is 1. The molecule has 2 heterocycles. The molecule has 5 nitrogen and oxygen atoms in total. The van der Waals surface area contributed by atoms with Crippen LogP contribution in [-0.4, -0.2) is 10.1 Å². The van der Waals surface area contributed by atoms with E-state index < -0.39 is 0 Å². The van der Waals surface area contributed by atoms with Crippen molar-refractivity contribution in [2.45, 2.75) is 13.0 Å². The quantitative estimate of drug-likeness (QED) is 0.730. The van der Waals surface area contributed by atoms with Gasteiger partial charge < -0.3 is 14.7 Å². The maximum atomic E-state index is 5.67. The zero-order valence-corrected chi connectivity index (χ0v) is 9.25. The van der Waals surface area contributed by atoms with Gasteiger partial charge in [-0.3, -0.25) is 0 Å². The number of nitrogens with two attached hydrogens (primary N) is 1. The average molecular weight is 229 g/mol. The predicted molar refractivity (Wildman–Crippen MR) is 62.1 cm³/mol. The Morgan fingerprint density at radius 1 is 1.29 bits per heavy atom. The van der Waals surface area contributed by atoms with Crippen molar-refractivity contribution in [3.05, 3.63) is 36.4 Å². The number of benzene rings is 1. The van der Waals surface area contributed by atoms with Gasteiger partial charge in [0.15, 0.2) is 0 Å². The number of hydrogen-bond donors (Lipinski definition) is 1. The third kappa shape index (κ3) is 1.60. The molecule has 0 radical (unpaired) electrons. The van der Waals surface area contributed by atoms with Crippen molar-refractivity contribution in [1.82, 2.24) is 10.1 Å². The van der Waals surface area contributed by atoms with E-state index >= 15 is 0 Å². The molecule has 5 heteroatoms. The van der Waals surface area contributed by atoms with Crippen LogP contribution < -0.4 is 5.73 Å². The first-order valence-electron chi connectivity index (χ1n) is 5.31. The van der Waals surface area contributed by atoms with E-state index in [1.807, 2.05) is 24.3 Å². The van der Waals surface area contributed by atoms with Gasteiger partial charge in [-0.05, 0) is 13.0 Å². The second kappa shape index (κ2) is 3.71. The van der Waals surface area contributed by atoms with Crippen LogP contribution in [0.4, 0.5) is 0 Å². The van der Waals surface area contributed by atoms with Crippen molar-refractivity contribution in [1.29, 1.82) is 0 Å². The lowest BCUT2D eigenvalue weighted by molar-refractivity contribution is 0.362. The Balaban J connectivity index is 2.14. The molecular weight excluding hydrogens is 218 g/mol. The van der Waals surface area contributed by atoms with E-state index in [9.17, 15) is 0 Å². The normalized spacial score (nSPS) is 13.1. The fourth-order valence-electron chi connectivity index (χ4n) is 1.68. The Hall–Kier alpha value is -2.14. The molecule has 0 aliphatic heterocycles. The molecule has 0 spiro atoms. The molecule has 1 aromatic carbocycles. The lowest BCUT2D eigenvalue weighted by atomic mass is 10.2. The molecule has 0 saturated carbocycles. The molecule has 1 atom stereocenters. The van der Waals surface area contributed by atoms with Crippen LogP contribution in [0.3, 0.4) is 0 Å². The summed E-state index contributed by atoms with van der Waals surface area (Å²) in [6.07, 6.45) is 1.63. The Morgan fingerprint density at radius 3 is 2.88 bits per heavy atom. The van der Waals surface area contributed by atoms with Crippen molar-refractivity contribution in [3.63, 3.8) is 0 Å². The van der Waals surface area contributed by atoms with Crippen LogP contribution >= 0.6 is 0 Å². The summed E-state index contributed by atoms with van der Waals surface area (Å²) in [7, 11) is 0. The van der Waals surface area contributed by atoms with E-state index in [-0.39, 0.29) is 6.04 Å². The standard InChI is InChI=1S/C12H11N3O2/c1-7(13)12-14-11(15-17-12)9-6-16-10-5-3-2-4-8(9)10/h2-7H,13H2,1H3. The lowest BCUT2D eigenvalue weighted by Crippen LogP contribution is -2.04. The number of rotatable bonds is 2. The average Bonchev–Trinajstić information content (AvgIpc) is 2.95. The second-order valence-electron chi connectivity index (χ2n) is 3.89. The van der Waals surface area contributed by atoms with Gasteiger partial charge in [-0.25, -0.2) is 0 Å². The fourth-order valence-corrected chi connectivity index (χ4v) is 1.68. The molecule has 0 amide bonds. The van der Waals surface area contributed by atoms with Crippen LogP contribution in [0.2, 0.25) is 0 Å². The molecule has 0 bridgehead atoms. The molecule has 0 aliphatic carbocycles. The molecule has 1 unspecified atom stereocenters. The minimum atomic E-state index is -0.269. The Kier molecular flexibility index (Phi) is 2.19. The van der Waals surface area contributed by atoms with Gasteiger partial charge in [0.25, 0.3) is 0 Å². The maximum absolute atomic E-state index is 5.67. The largest absolute Gasteiger partial charge is 0.464 e. The number of para-hydroxylation sites is 1. The van der Waals surface area contributed by atoms with Gasteiger partial charge in [0.1, 0.15) is 11.8 Å². The third-order valence-electron chi connectivity index (χ3n) is 2.55. The van der Waals surface area contributed by atoms with E-state index in [0.717, 1.165) is 16.5 Å². The molecule has 2 N–H and O–H groups in total. The van der Waals surface area contributed by atoms with E-state index in [4.69, 9.17) is 14.7 Å². The highest BCUT2D eigenvalue weighted by atomic mass is 16.5. The monoisotopic (exact) mass is 229 g/mol. The van der Waals surface area contributed by atoms with Crippen molar-refractivity contribution in [2.24, 2.45) is 5.73 Å². The first-order valence-corrected chi connectivity index (χ1v) is 5.31. The van der Waals surface area contributed by atoms with E-state index in [1.54, 1.807) is 13.2 Å². The van der Waals surface area contributed by atoms with E-state index in [0.29, 0.717) is 11.7 Å². The molecule has 2 aromatic heterocycles. The smallest absolute Gasteiger partial charge is 0.243 e. The number of nitrogens with zero attached hydrogens (tertiary/aromatic N) is 2. The van der Waals surface area contributed by atoms with Crippen molar-refractivity contribution in [2.75, 3.05) is 0 Å². The van der Waals surface area contributed by atoms with E-state index in [2.05, 4.69) is 10.1 Å². The summed E-state index contributed by atoms with van der Waals surface area (Å²) >= 11 is 0. The predicted octanol–water partition coefficient (Wildman–Crippen LogP) is 2.50. The maximum Gasteiger partial charge on any atom is 0.243 e. The molecule has 0 saturated heterocycles. The van der Waals surface area contributed by atoms with Crippen LogP contribution in [0.1, 0.15) is 18.9 Å². The zero-order chi connectivity index (χ0) is 11.8. The first kappa shape index (κ1) is 10.0. The first-order chi connectivity index (χ1) is 8.25. The van der Waals surface area contributed by atoms with Crippen LogP contribution in [0.15, 0.2) is 39.5 Å². The van der Waals surface area contributed by atoms with Gasteiger partial charge in [-0.15, -0.1) is 0 Å². The molecular formula is C12H11N3O2. The van der Waals surface area contributed by atoms with Crippen LogP contribution in [0.5, 0.6) is 0 Å². The van der Waals surface area contributed by atoms with Crippen LogP contribution in [0, 0.1) is 0 Å². The Bertz CT molecular complexity index is 654. The van der Waals surface area contributed by atoms with E-state index in [1.165, 1.54) is 0 Å². The Labute approximate surface area is 97.2 Å². The number of fused-ring (bicyclic) bond motifs is 1. The van der Waals surface area contributed by atoms with Gasteiger partial charge in [-0.1, -0.05) is 23.4 Å². The van der Waals surface area contributed by atoms with Crippen molar-refractivity contribution >= 4 is 11.0 Å². The molecule has 0 fully saturated rings. The summed E-state index contributed by atoms with van der Waals surface area (Å²) in [5.41, 5.74) is 7.29. The van der Waals surface area contributed by atoms with Gasteiger partial charge in [-0.2, -0.15) is 4.98 Å².